The number of anilines is 1. The summed E-state index contributed by atoms with van der Waals surface area (Å²) in [6.45, 7) is 3.66. The highest BCUT2D eigenvalue weighted by Gasteiger charge is 2.56. The van der Waals surface area contributed by atoms with Gasteiger partial charge in [0.05, 0.1) is 24.6 Å². The number of hydrogen-bond donors (Lipinski definition) is 1. The second-order valence-electron chi connectivity index (χ2n) is 10.7. The predicted molar refractivity (Wildman–Crippen MR) is 144 cm³/mol. The average molecular weight is 524 g/mol. The number of aryl methyl sites for hydroxylation is 1. The minimum atomic E-state index is -0.726. The Morgan fingerprint density at radius 2 is 1.74 bits per heavy atom. The predicted octanol–water partition coefficient (Wildman–Crippen LogP) is 4.60. The van der Waals surface area contributed by atoms with Gasteiger partial charge >= 0.3 is 0 Å². The molecule has 6 rings (SSSR count). The fourth-order valence-corrected chi connectivity index (χ4v) is 6.81. The Balaban J connectivity index is 1.49. The highest BCUT2D eigenvalue weighted by atomic mass is 16.5. The van der Waals surface area contributed by atoms with Crippen molar-refractivity contribution in [3.63, 3.8) is 0 Å². The van der Waals surface area contributed by atoms with Crippen molar-refractivity contribution in [1.29, 1.82) is 0 Å². The fraction of sp³-hybridized carbons (Fsp3) is 0.312. The molecule has 0 bridgehead atoms. The van der Waals surface area contributed by atoms with Crippen LogP contribution in [0.5, 0.6) is 11.5 Å². The van der Waals surface area contributed by atoms with Crippen molar-refractivity contribution in [2.45, 2.75) is 39.0 Å². The van der Waals surface area contributed by atoms with Crippen molar-refractivity contribution in [3.05, 3.63) is 88.0 Å². The quantitative estimate of drug-likeness (QED) is 0.357. The van der Waals surface area contributed by atoms with Gasteiger partial charge < -0.3 is 9.84 Å². The molecule has 0 spiro atoms. The number of imide groups is 1. The van der Waals surface area contributed by atoms with Crippen LogP contribution in [0.4, 0.5) is 5.69 Å². The number of hydrogen-bond acceptors (Lipinski definition) is 6. The molecular formula is C32H29NO6. The van der Waals surface area contributed by atoms with E-state index in [0.29, 0.717) is 34.4 Å². The zero-order valence-electron chi connectivity index (χ0n) is 22.1. The van der Waals surface area contributed by atoms with E-state index < -0.39 is 23.7 Å². The van der Waals surface area contributed by atoms with Gasteiger partial charge in [-0.15, -0.1) is 0 Å². The maximum absolute atomic E-state index is 14.0. The molecule has 0 aromatic heterocycles. The largest absolute Gasteiger partial charge is 0.504 e. The van der Waals surface area contributed by atoms with Crippen molar-refractivity contribution < 1.29 is 29.0 Å². The molecule has 0 unspecified atom stereocenters. The van der Waals surface area contributed by atoms with E-state index in [2.05, 4.69) is 0 Å². The van der Waals surface area contributed by atoms with Gasteiger partial charge in [-0.05, 0) is 61.9 Å². The highest BCUT2D eigenvalue weighted by Crippen LogP contribution is 2.57. The number of allylic oxidation sites excluding steroid dienone is 6. The molecule has 39 heavy (non-hydrogen) atoms. The first-order valence-corrected chi connectivity index (χ1v) is 13.3. The van der Waals surface area contributed by atoms with E-state index in [1.807, 2.05) is 25.1 Å². The lowest BCUT2D eigenvalue weighted by Gasteiger charge is -2.42. The highest BCUT2D eigenvalue weighted by molar-refractivity contribution is 6.25. The third-order valence-corrected chi connectivity index (χ3v) is 8.73. The third-order valence-electron chi connectivity index (χ3n) is 8.73. The maximum atomic E-state index is 14.0. The molecule has 1 saturated heterocycles. The molecule has 2 aromatic rings. The number of para-hydroxylation sites is 1. The molecule has 7 heteroatoms. The second kappa shape index (κ2) is 9.19. The lowest BCUT2D eigenvalue weighted by molar-refractivity contribution is -0.123. The Kier molecular flexibility index (Phi) is 5.90. The van der Waals surface area contributed by atoms with Gasteiger partial charge in [-0.3, -0.25) is 24.1 Å². The van der Waals surface area contributed by atoms with Crippen LogP contribution >= 0.6 is 0 Å². The summed E-state index contributed by atoms with van der Waals surface area (Å²) < 4.78 is 5.34. The number of Topliss-reactive ketones (excluding diaryl/α,β-unsaturated/α-hetero) is 1. The molecule has 1 aliphatic heterocycles. The van der Waals surface area contributed by atoms with Crippen molar-refractivity contribution in [2.24, 2.45) is 17.8 Å². The number of ether oxygens (including phenoxy) is 1. The van der Waals surface area contributed by atoms with Crippen LogP contribution < -0.4 is 9.64 Å². The molecule has 4 aliphatic rings. The molecule has 1 N–H and O–H groups in total. The van der Waals surface area contributed by atoms with E-state index in [-0.39, 0.29) is 41.3 Å². The first kappa shape index (κ1) is 25.0. The molecule has 3 aliphatic carbocycles. The molecule has 1 fully saturated rings. The standard InChI is InChI=1S/C32H29NO6/c1-4-17-8-10-18(11-9-17)33-31(37)21-13-12-19-22(27(21)32(33)38)15-23-28(24(34)14-16(2)29(23)35)26(19)20-6-5-7-25(39-3)30(20)36/h5-12,14,21-22,26-27,36H,4,13,15H2,1-3H3/t21-,22+,26+,27-/m0/s1. The smallest absolute Gasteiger partial charge is 0.238 e. The molecule has 2 aromatic carbocycles. The van der Waals surface area contributed by atoms with Crippen LogP contribution in [0.3, 0.4) is 0 Å². The number of carbonyl (C=O) groups is 4. The molecule has 0 radical (unpaired) electrons. The summed E-state index contributed by atoms with van der Waals surface area (Å²) in [4.78, 5) is 55.6. The zero-order chi connectivity index (χ0) is 27.6. The Labute approximate surface area is 226 Å². The van der Waals surface area contributed by atoms with E-state index in [1.165, 1.54) is 18.1 Å². The van der Waals surface area contributed by atoms with Crippen LogP contribution in [0, 0.1) is 17.8 Å². The monoisotopic (exact) mass is 523 g/mol. The summed E-state index contributed by atoms with van der Waals surface area (Å²) in [5.41, 5.74) is 3.92. The number of amides is 2. The van der Waals surface area contributed by atoms with E-state index in [0.717, 1.165) is 17.6 Å². The summed E-state index contributed by atoms with van der Waals surface area (Å²) in [5, 5.41) is 11.1. The van der Waals surface area contributed by atoms with Gasteiger partial charge in [0.1, 0.15) is 0 Å². The van der Waals surface area contributed by atoms with Crippen LogP contribution in [-0.4, -0.2) is 35.6 Å². The van der Waals surface area contributed by atoms with Crippen LogP contribution in [0.2, 0.25) is 0 Å². The van der Waals surface area contributed by atoms with Gasteiger partial charge in [0.25, 0.3) is 0 Å². The van der Waals surface area contributed by atoms with Gasteiger partial charge in [0, 0.05) is 28.2 Å². The molecule has 198 valence electrons. The Hall–Kier alpha value is -4.26. The van der Waals surface area contributed by atoms with Crippen LogP contribution in [0.1, 0.15) is 43.7 Å². The summed E-state index contributed by atoms with van der Waals surface area (Å²) in [7, 11) is 1.45. The maximum Gasteiger partial charge on any atom is 0.238 e. The van der Waals surface area contributed by atoms with Gasteiger partial charge in [0.15, 0.2) is 23.1 Å². The number of rotatable bonds is 4. The first-order valence-electron chi connectivity index (χ1n) is 13.3. The van der Waals surface area contributed by atoms with Crippen molar-refractivity contribution in [2.75, 3.05) is 12.0 Å². The van der Waals surface area contributed by atoms with Gasteiger partial charge in [-0.2, -0.15) is 0 Å². The molecular weight excluding hydrogens is 494 g/mol. The average Bonchev–Trinajstić information content (AvgIpc) is 3.20. The van der Waals surface area contributed by atoms with Crippen molar-refractivity contribution >= 4 is 29.1 Å². The number of methoxy groups -OCH3 is 1. The van der Waals surface area contributed by atoms with Crippen molar-refractivity contribution in [1.82, 2.24) is 0 Å². The summed E-state index contributed by atoms with van der Waals surface area (Å²) in [5.74, 6) is -3.30. The number of nitrogens with zero attached hydrogens (tertiary/aromatic N) is 1. The number of phenolic OH excluding ortho intramolecular Hbond substituents is 1. The number of fused-ring (bicyclic) bond motifs is 3. The van der Waals surface area contributed by atoms with Gasteiger partial charge in [-0.25, -0.2) is 0 Å². The van der Waals surface area contributed by atoms with Crippen LogP contribution in [-0.2, 0) is 25.6 Å². The fourth-order valence-electron chi connectivity index (χ4n) is 6.81. The SMILES string of the molecule is CCc1ccc(N2C(=O)[C@H]3[C@H](CC=C4[C@H](c5cccc(OC)c5O)C5=C(C[C@H]43)C(=O)C(C)=CC5=O)C2=O)cc1. The number of carbonyl (C=O) groups excluding carboxylic acids is 4. The number of benzene rings is 2. The topological polar surface area (TPSA) is 101 Å². The third kappa shape index (κ3) is 3.63. The number of aromatic hydroxyl groups is 1. The Morgan fingerprint density at radius 3 is 2.44 bits per heavy atom. The second-order valence-corrected chi connectivity index (χ2v) is 10.7. The zero-order valence-corrected chi connectivity index (χ0v) is 22.1. The number of phenols is 1. The lowest BCUT2D eigenvalue weighted by Crippen LogP contribution is -2.39. The van der Waals surface area contributed by atoms with E-state index in [4.69, 9.17) is 4.74 Å². The first-order chi connectivity index (χ1) is 18.8. The normalized spacial score (nSPS) is 26.2. The summed E-state index contributed by atoms with van der Waals surface area (Å²) in [6.07, 6.45) is 4.67. The Morgan fingerprint density at radius 1 is 1.00 bits per heavy atom. The van der Waals surface area contributed by atoms with E-state index >= 15 is 0 Å². The molecule has 0 saturated carbocycles. The molecule has 2 amide bonds. The van der Waals surface area contributed by atoms with Gasteiger partial charge in [-0.1, -0.05) is 42.8 Å². The van der Waals surface area contributed by atoms with E-state index in [1.54, 1.807) is 37.3 Å². The summed E-state index contributed by atoms with van der Waals surface area (Å²) >= 11 is 0. The molecule has 4 atom stereocenters. The van der Waals surface area contributed by atoms with E-state index in [9.17, 15) is 24.3 Å². The van der Waals surface area contributed by atoms with Crippen LogP contribution in [0.15, 0.2) is 76.9 Å². The van der Waals surface area contributed by atoms with Gasteiger partial charge in [0.2, 0.25) is 11.8 Å². The molecule has 7 nitrogen and oxygen atoms in total. The van der Waals surface area contributed by atoms with Crippen LogP contribution in [0.25, 0.3) is 0 Å². The molecule has 1 heterocycles. The Bertz CT molecular complexity index is 1540. The summed E-state index contributed by atoms with van der Waals surface area (Å²) in [6, 6.07) is 12.5. The van der Waals surface area contributed by atoms with Crippen molar-refractivity contribution in [3.8, 4) is 11.5 Å². The number of ketones is 2. The lowest BCUT2D eigenvalue weighted by atomic mass is 9.59. The minimum Gasteiger partial charge on any atom is -0.504 e. The minimum absolute atomic E-state index is 0.112.